The molecule has 9 N–H and O–H groups in total. The molecule has 3 heterocycles. The quantitative estimate of drug-likeness (QED) is 0.182. The summed E-state index contributed by atoms with van der Waals surface area (Å²) in [6, 6.07) is 0. The summed E-state index contributed by atoms with van der Waals surface area (Å²) >= 11 is 0. The minimum atomic E-state index is -1.78. The summed E-state index contributed by atoms with van der Waals surface area (Å²) in [6.45, 7) is 2.21. The zero-order chi connectivity index (χ0) is 23.9. The van der Waals surface area contributed by atoms with Crippen LogP contribution in [0.15, 0.2) is 0 Å². The largest absolute Gasteiger partial charge is 0.394 e. The van der Waals surface area contributed by atoms with E-state index < -0.39 is 98.7 Å². The summed E-state index contributed by atoms with van der Waals surface area (Å²) < 4.78 is 26.7. The van der Waals surface area contributed by atoms with Gasteiger partial charge in [-0.15, -0.1) is 0 Å². The molecule has 3 saturated heterocycles. The summed E-state index contributed by atoms with van der Waals surface area (Å²) in [7, 11) is 0. The topological polar surface area (TPSA) is 228 Å². The second-order valence-electron chi connectivity index (χ2n) is 8.30. The van der Waals surface area contributed by atoms with Gasteiger partial charge < -0.3 is 69.6 Å². The minimum Gasteiger partial charge on any atom is -0.394 e. The molecular weight excluding hydrogens is 440 g/mol. The molecule has 188 valence electrons. The van der Waals surface area contributed by atoms with Crippen LogP contribution in [0.25, 0.3) is 0 Å². The second kappa shape index (κ2) is 10.4. The average Bonchev–Trinajstić information content (AvgIpc) is 2.76. The Kier molecular flexibility index (Phi) is 8.44. The van der Waals surface area contributed by atoms with Crippen molar-refractivity contribution in [1.82, 2.24) is 0 Å². The standard InChI is InChI=1S/C18H32O14/c1-4-7(20)9(22)11(24)17(28-4)31-14-5(2)29-18(12(25)10(14)23)32-15-8(21)6(3-19)30-16(27)13(15)26/h4-27H,3H2,1-2H3/t4-,5-,6+,7+,8+,9+,10-,11-,12-,13+,14+,15-,16+,17-,18-/m0/s1. The van der Waals surface area contributed by atoms with Gasteiger partial charge in [0.05, 0.1) is 18.8 Å². The van der Waals surface area contributed by atoms with Crippen molar-refractivity contribution in [3.8, 4) is 0 Å². The van der Waals surface area contributed by atoms with Gasteiger partial charge in [0.25, 0.3) is 0 Å². The van der Waals surface area contributed by atoms with Crippen molar-refractivity contribution in [2.24, 2.45) is 0 Å². The van der Waals surface area contributed by atoms with Gasteiger partial charge >= 0.3 is 0 Å². The third-order valence-electron chi connectivity index (χ3n) is 6.01. The Morgan fingerprint density at radius 3 is 1.69 bits per heavy atom. The highest BCUT2D eigenvalue weighted by Gasteiger charge is 2.52. The lowest BCUT2D eigenvalue weighted by atomic mass is 9.96. The van der Waals surface area contributed by atoms with Gasteiger partial charge in [-0.3, -0.25) is 0 Å². The van der Waals surface area contributed by atoms with E-state index >= 15 is 0 Å². The molecule has 0 amide bonds. The summed E-state index contributed by atoms with van der Waals surface area (Å²) in [5.74, 6) is 0. The summed E-state index contributed by atoms with van der Waals surface area (Å²) in [4.78, 5) is 0. The fraction of sp³-hybridized carbons (Fsp3) is 1.00. The Balaban J connectivity index is 1.67. The minimum absolute atomic E-state index is 0.684. The molecule has 0 aromatic carbocycles. The lowest BCUT2D eigenvalue weighted by Gasteiger charge is -2.47. The van der Waals surface area contributed by atoms with Gasteiger partial charge in [0.1, 0.15) is 61.0 Å². The fourth-order valence-corrected chi connectivity index (χ4v) is 3.97. The number of aliphatic hydroxyl groups excluding tert-OH is 9. The van der Waals surface area contributed by atoms with E-state index in [1.807, 2.05) is 0 Å². The predicted octanol–water partition coefficient (Wildman–Crippen LogP) is -5.52. The van der Waals surface area contributed by atoms with Gasteiger partial charge in [-0.2, -0.15) is 0 Å². The van der Waals surface area contributed by atoms with Crippen molar-refractivity contribution in [3.63, 3.8) is 0 Å². The molecule has 0 aromatic rings. The first-order valence-electron chi connectivity index (χ1n) is 10.3. The second-order valence-corrected chi connectivity index (χ2v) is 8.30. The first-order valence-corrected chi connectivity index (χ1v) is 10.3. The maximum atomic E-state index is 10.6. The van der Waals surface area contributed by atoms with Crippen LogP contribution >= 0.6 is 0 Å². The zero-order valence-electron chi connectivity index (χ0n) is 17.4. The van der Waals surface area contributed by atoms with Crippen LogP contribution < -0.4 is 0 Å². The lowest BCUT2D eigenvalue weighted by Crippen LogP contribution is -2.65. The molecular formula is C18H32O14. The van der Waals surface area contributed by atoms with E-state index in [0.29, 0.717) is 0 Å². The summed E-state index contributed by atoms with van der Waals surface area (Å²) in [6.07, 6.45) is -22.1. The van der Waals surface area contributed by atoms with Crippen LogP contribution in [0.1, 0.15) is 13.8 Å². The van der Waals surface area contributed by atoms with Crippen LogP contribution in [0.4, 0.5) is 0 Å². The molecule has 0 spiro atoms. The number of aliphatic hydroxyl groups is 9. The van der Waals surface area contributed by atoms with Gasteiger partial charge in [0.2, 0.25) is 0 Å². The molecule has 0 aromatic heterocycles. The molecule has 0 bridgehead atoms. The molecule has 0 radical (unpaired) electrons. The number of hydrogen-bond donors (Lipinski definition) is 9. The Hall–Kier alpha value is -0.560. The SMILES string of the molecule is C[C@@H]1O[C@@H](O[C@H]2[C@@H](O)[C@H](O)[C@H](O[C@@H]3[C@@H](O)[C@H](O)O[C@H](CO)[C@H]3O)O[C@H]2C)[C@@H](O)[C@H](O)[C@@H]1O. The van der Waals surface area contributed by atoms with Crippen LogP contribution in [-0.2, 0) is 23.7 Å². The van der Waals surface area contributed by atoms with Crippen molar-refractivity contribution in [3.05, 3.63) is 0 Å². The zero-order valence-corrected chi connectivity index (χ0v) is 17.4. The van der Waals surface area contributed by atoms with E-state index in [0.717, 1.165) is 0 Å². The smallest absolute Gasteiger partial charge is 0.187 e. The molecule has 0 unspecified atom stereocenters. The molecule has 14 nitrogen and oxygen atoms in total. The highest BCUT2D eigenvalue weighted by atomic mass is 16.7. The molecule has 3 fully saturated rings. The third kappa shape index (κ3) is 4.94. The Morgan fingerprint density at radius 1 is 0.562 bits per heavy atom. The van der Waals surface area contributed by atoms with Crippen molar-refractivity contribution < 1.29 is 69.6 Å². The van der Waals surface area contributed by atoms with Gasteiger partial charge in [0.15, 0.2) is 18.9 Å². The molecule has 3 aliphatic rings. The van der Waals surface area contributed by atoms with Crippen molar-refractivity contribution in [1.29, 1.82) is 0 Å². The molecule has 32 heavy (non-hydrogen) atoms. The van der Waals surface area contributed by atoms with Crippen LogP contribution in [0.5, 0.6) is 0 Å². The van der Waals surface area contributed by atoms with Crippen LogP contribution in [0, 0.1) is 0 Å². The Morgan fingerprint density at radius 2 is 1.09 bits per heavy atom. The van der Waals surface area contributed by atoms with E-state index in [2.05, 4.69) is 0 Å². The van der Waals surface area contributed by atoms with Gasteiger partial charge in [-0.1, -0.05) is 0 Å². The molecule has 3 aliphatic heterocycles. The number of hydrogen-bond acceptors (Lipinski definition) is 14. The maximum absolute atomic E-state index is 10.6. The van der Waals surface area contributed by atoms with Crippen molar-refractivity contribution in [2.45, 2.75) is 106 Å². The van der Waals surface area contributed by atoms with Crippen LogP contribution in [0.2, 0.25) is 0 Å². The van der Waals surface area contributed by atoms with E-state index in [1.165, 1.54) is 13.8 Å². The number of rotatable bonds is 5. The molecule has 0 aliphatic carbocycles. The van der Waals surface area contributed by atoms with Crippen molar-refractivity contribution in [2.75, 3.05) is 6.61 Å². The summed E-state index contributed by atoms with van der Waals surface area (Å²) in [5.41, 5.74) is 0. The van der Waals surface area contributed by atoms with E-state index in [1.54, 1.807) is 0 Å². The number of ether oxygens (including phenoxy) is 5. The predicted molar refractivity (Wildman–Crippen MR) is 98.4 cm³/mol. The lowest BCUT2D eigenvalue weighted by molar-refractivity contribution is -0.373. The normalized spacial score (nSPS) is 55.0. The highest BCUT2D eigenvalue weighted by Crippen LogP contribution is 2.31. The Bertz CT molecular complexity index is 610. The molecule has 15 atom stereocenters. The maximum Gasteiger partial charge on any atom is 0.187 e. The summed E-state index contributed by atoms with van der Waals surface area (Å²) in [5, 5.41) is 90.2. The first-order chi connectivity index (χ1) is 15.0. The average molecular weight is 472 g/mol. The van der Waals surface area contributed by atoms with Gasteiger partial charge in [0, 0.05) is 0 Å². The highest BCUT2D eigenvalue weighted by molar-refractivity contribution is 4.95. The van der Waals surface area contributed by atoms with E-state index in [4.69, 9.17) is 23.7 Å². The molecule has 3 rings (SSSR count). The van der Waals surface area contributed by atoms with E-state index in [9.17, 15) is 46.0 Å². The van der Waals surface area contributed by atoms with E-state index in [-0.39, 0.29) is 0 Å². The molecule has 0 saturated carbocycles. The van der Waals surface area contributed by atoms with Crippen LogP contribution in [0.3, 0.4) is 0 Å². The van der Waals surface area contributed by atoms with Crippen LogP contribution in [-0.4, -0.2) is 145 Å². The van der Waals surface area contributed by atoms with Gasteiger partial charge in [-0.05, 0) is 13.8 Å². The Labute approximate surface area is 183 Å². The third-order valence-corrected chi connectivity index (χ3v) is 6.01. The fourth-order valence-electron chi connectivity index (χ4n) is 3.97. The van der Waals surface area contributed by atoms with Gasteiger partial charge in [-0.25, -0.2) is 0 Å². The van der Waals surface area contributed by atoms with Crippen molar-refractivity contribution >= 4 is 0 Å². The molecule has 14 heteroatoms. The monoisotopic (exact) mass is 472 g/mol. The first kappa shape index (κ1) is 26.1.